The lowest BCUT2D eigenvalue weighted by Crippen LogP contribution is -2.32. The fourth-order valence-electron chi connectivity index (χ4n) is 1.81. The number of hydrogen-bond acceptors (Lipinski definition) is 5. The number of nitrogens with one attached hydrogen (secondary N) is 1. The smallest absolute Gasteiger partial charge is 0.225 e. The van der Waals surface area contributed by atoms with Crippen molar-refractivity contribution in [3.63, 3.8) is 0 Å². The first-order valence-corrected chi connectivity index (χ1v) is 7.22. The average molecular weight is 336 g/mol. The van der Waals surface area contributed by atoms with Gasteiger partial charge in [0.2, 0.25) is 5.91 Å². The van der Waals surface area contributed by atoms with Crippen LogP contribution in [0.5, 0.6) is 0 Å². The largest absolute Gasteiger partial charge is 0.397 e. The maximum Gasteiger partial charge on any atom is 0.225 e. The summed E-state index contributed by atoms with van der Waals surface area (Å²) in [4.78, 5) is 13.7. The van der Waals surface area contributed by atoms with Crippen molar-refractivity contribution in [2.45, 2.75) is 6.42 Å². The second-order valence-electron chi connectivity index (χ2n) is 4.44. The van der Waals surface area contributed by atoms with Gasteiger partial charge in [0, 0.05) is 31.1 Å². The van der Waals surface area contributed by atoms with Gasteiger partial charge in [0.25, 0.3) is 0 Å². The van der Waals surface area contributed by atoms with Crippen LogP contribution in [0.25, 0.3) is 0 Å². The summed E-state index contributed by atoms with van der Waals surface area (Å²) in [6.45, 7) is 1.16. The van der Waals surface area contributed by atoms with Crippen molar-refractivity contribution in [3.8, 4) is 0 Å². The second-order valence-corrected chi connectivity index (χ2v) is 5.28. The molecule has 0 radical (unpaired) electrons. The first kappa shape index (κ1) is 18.0. The number of benzene rings is 1. The van der Waals surface area contributed by atoms with Gasteiger partial charge in [-0.2, -0.15) is 0 Å². The van der Waals surface area contributed by atoms with Crippen LogP contribution in [0.4, 0.5) is 11.4 Å². The van der Waals surface area contributed by atoms with Crippen molar-refractivity contribution >= 4 is 40.5 Å². The Morgan fingerprint density at radius 1 is 1.19 bits per heavy atom. The number of anilines is 2. The Labute approximate surface area is 133 Å². The van der Waals surface area contributed by atoms with Gasteiger partial charge in [-0.25, -0.2) is 0 Å². The zero-order valence-corrected chi connectivity index (χ0v) is 13.0. The Morgan fingerprint density at radius 3 is 2.33 bits per heavy atom. The van der Waals surface area contributed by atoms with E-state index >= 15 is 0 Å². The molecular weight excluding hydrogens is 317 g/mol. The van der Waals surface area contributed by atoms with Gasteiger partial charge in [0.1, 0.15) is 0 Å². The minimum Gasteiger partial charge on any atom is -0.397 e. The number of halogens is 2. The third kappa shape index (κ3) is 6.07. The van der Waals surface area contributed by atoms with Crippen LogP contribution >= 0.6 is 23.2 Å². The Balaban J connectivity index is 2.57. The van der Waals surface area contributed by atoms with Crippen molar-refractivity contribution in [1.29, 1.82) is 0 Å². The quantitative estimate of drug-likeness (QED) is 0.535. The number of carbonyl (C=O) groups is 1. The number of nitrogens with zero attached hydrogens (tertiary/aromatic N) is 1. The normalized spacial score (nSPS) is 10.9. The Morgan fingerprint density at radius 2 is 1.81 bits per heavy atom. The molecule has 0 spiro atoms. The van der Waals surface area contributed by atoms with E-state index in [1.54, 1.807) is 4.90 Å². The van der Waals surface area contributed by atoms with E-state index < -0.39 is 0 Å². The van der Waals surface area contributed by atoms with E-state index in [0.29, 0.717) is 36.0 Å². The molecule has 1 rings (SSSR count). The molecule has 0 aliphatic heterocycles. The number of aliphatic hydroxyl groups excluding tert-OH is 2. The minimum atomic E-state index is -0.258. The highest BCUT2D eigenvalue weighted by Crippen LogP contribution is 2.32. The Bertz CT molecular complexity index is 457. The van der Waals surface area contributed by atoms with Crippen molar-refractivity contribution in [1.82, 2.24) is 4.90 Å². The van der Waals surface area contributed by atoms with E-state index in [4.69, 9.17) is 39.1 Å². The SMILES string of the molecule is Nc1cc(Cl)cc(Cl)c1NC(=O)CCN(CCO)CCO. The third-order valence-electron chi connectivity index (χ3n) is 2.84. The summed E-state index contributed by atoms with van der Waals surface area (Å²) in [5.74, 6) is -0.258. The predicted octanol–water partition coefficient (Wildman–Crippen LogP) is 1.19. The highest BCUT2D eigenvalue weighted by Gasteiger charge is 2.12. The standard InChI is InChI=1S/C13H19Cl2N3O3/c14-9-7-10(15)13(11(16)8-9)17-12(21)1-2-18(3-5-19)4-6-20/h7-8,19-20H,1-6,16H2,(H,17,21). The number of nitrogen functional groups attached to an aromatic ring is 1. The van der Waals surface area contributed by atoms with Crippen LogP contribution in [0.1, 0.15) is 6.42 Å². The van der Waals surface area contributed by atoms with E-state index in [2.05, 4.69) is 5.32 Å². The molecule has 8 heteroatoms. The molecule has 0 aromatic heterocycles. The number of carbonyl (C=O) groups excluding carboxylic acids is 1. The van der Waals surface area contributed by atoms with Crippen LogP contribution in [0.3, 0.4) is 0 Å². The first-order chi connectivity index (χ1) is 9.97. The molecule has 1 amide bonds. The summed E-state index contributed by atoms with van der Waals surface area (Å²) in [7, 11) is 0. The van der Waals surface area contributed by atoms with Gasteiger partial charge in [0.05, 0.1) is 29.6 Å². The van der Waals surface area contributed by atoms with Gasteiger partial charge in [0.15, 0.2) is 0 Å². The molecule has 0 unspecified atom stereocenters. The molecule has 0 bridgehead atoms. The summed E-state index contributed by atoms with van der Waals surface area (Å²) in [5.41, 5.74) is 6.39. The molecule has 5 N–H and O–H groups in total. The lowest BCUT2D eigenvalue weighted by Gasteiger charge is -2.19. The molecule has 0 saturated heterocycles. The fraction of sp³-hybridized carbons (Fsp3) is 0.462. The van der Waals surface area contributed by atoms with Gasteiger partial charge < -0.3 is 21.3 Å². The van der Waals surface area contributed by atoms with Gasteiger partial charge in [-0.05, 0) is 12.1 Å². The summed E-state index contributed by atoms with van der Waals surface area (Å²) in [6.07, 6.45) is 0.193. The Kier molecular flexibility index (Phi) is 7.77. The summed E-state index contributed by atoms with van der Waals surface area (Å²) in [6, 6.07) is 3.01. The summed E-state index contributed by atoms with van der Waals surface area (Å²) in [5, 5.41) is 21.1. The number of aliphatic hydroxyl groups is 2. The molecule has 6 nitrogen and oxygen atoms in total. The topological polar surface area (TPSA) is 98.8 Å². The molecule has 0 saturated carbocycles. The molecular formula is C13H19Cl2N3O3. The molecule has 0 aliphatic carbocycles. The lowest BCUT2D eigenvalue weighted by atomic mass is 10.2. The van der Waals surface area contributed by atoms with E-state index in [0.717, 1.165) is 0 Å². The van der Waals surface area contributed by atoms with Crippen LogP contribution < -0.4 is 11.1 Å². The first-order valence-electron chi connectivity index (χ1n) is 6.46. The second kappa shape index (κ2) is 9.07. The predicted molar refractivity (Wildman–Crippen MR) is 84.7 cm³/mol. The zero-order chi connectivity index (χ0) is 15.8. The van der Waals surface area contributed by atoms with Crippen molar-refractivity contribution in [3.05, 3.63) is 22.2 Å². The number of rotatable bonds is 8. The third-order valence-corrected chi connectivity index (χ3v) is 3.35. The van der Waals surface area contributed by atoms with Crippen LogP contribution in [-0.2, 0) is 4.79 Å². The van der Waals surface area contributed by atoms with Gasteiger partial charge in [-0.15, -0.1) is 0 Å². The van der Waals surface area contributed by atoms with Crippen molar-refractivity contribution in [2.24, 2.45) is 0 Å². The molecule has 21 heavy (non-hydrogen) atoms. The number of amides is 1. The van der Waals surface area contributed by atoms with Crippen molar-refractivity contribution < 1.29 is 15.0 Å². The molecule has 1 aromatic rings. The maximum atomic E-state index is 11.9. The van der Waals surface area contributed by atoms with Gasteiger partial charge in [-0.3, -0.25) is 9.69 Å². The van der Waals surface area contributed by atoms with Crippen LogP contribution in [0, 0.1) is 0 Å². The van der Waals surface area contributed by atoms with Crippen molar-refractivity contribution in [2.75, 3.05) is 43.9 Å². The highest BCUT2D eigenvalue weighted by molar-refractivity contribution is 6.37. The van der Waals surface area contributed by atoms with E-state index in [-0.39, 0.29) is 30.6 Å². The number of hydrogen-bond donors (Lipinski definition) is 4. The summed E-state index contributed by atoms with van der Waals surface area (Å²) >= 11 is 11.8. The monoisotopic (exact) mass is 335 g/mol. The maximum absolute atomic E-state index is 11.9. The lowest BCUT2D eigenvalue weighted by molar-refractivity contribution is -0.116. The van der Waals surface area contributed by atoms with Crippen LogP contribution in [0.2, 0.25) is 10.0 Å². The highest BCUT2D eigenvalue weighted by atomic mass is 35.5. The van der Waals surface area contributed by atoms with Gasteiger partial charge in [-0.1, -0.05) is 23.2 Å². The summed E-state index contributed by atoms with van der Waals surface area (Å²) < 4.78 is 0. The molecule has 1 aromatic carbocycles. The van der Waals surface area contributed by atoms with Crippen LogP contribution in [-0.4, -0.2) is 53.9 Å². The zero-order valence-electron chi connectivity index (χ0n) is 11.5. The van der Waals surface area contributed by atoms with Gasteiger partial charge >= 0.3 is 0 Å². The average Bonchev–Trinajstić information content (AvgIpc) is 2.40. The minimum absolute atomic E-state index is 0.0302. The van der Waals surface area contributed by atoms with E-state index in [9.17, 15) is 4.79 Å². The van der Waals surface area contributed by atoms with Crippen LogP contribution in [0.15, 0.2) is 12.1 Å². The molecule has 0 atom stereocenters. The molecule has 0 fully saturated rings. The van der Waals surface area contributed by atoms with E-state index in [1.165, 1.54) is 12.1 Å². The number of nitrogens with two attached hydrogens (primary N) is 1. The molecule has 118 valence electrons. The molecule has 0 aliphatic rings. The molecule has 0 heterocycles. The fourth-order valence-corrected chi connectivity index (χ4v) is 2.36. The van der Waals surface area contributed by atoms with E-state index in [1.807, 2.05) is 0 Å². The Hall–Kier alpha value is -1.05.